The van der Waals surface area contributed by atoms with Gasteiger partial charge in [-0.15, -0.1) is 0 Å². The van der Waals surface area contributed by atoms with Gasteiger partial charge in [0.15, 0.2) is 10.3 Å². The minimum Gasteiger partial charge on any atom is -0.359 e. The average molecular weight is 385 g/mol. The van der Waals surface area contributed by atoms with E-state index in [2.05, 4.69) is 20.6 Å². The molecule has 4 rings (SSSR count). The summed E-state index contributed by atoms with van der Waals surface area (Å²) in [5.41, 5.74) is 0.827. The number of thiazole rings is 1. The van der Waals surface area contributed by atoms with Crippen molar-refractivity contribution in [1.82, 2.24) is 10.3 Å². The van der Waals surface area contributed by atoms with Crippen molar-refractivity contribution in [2.45, 2.75) is 38.1 Å². The molecule has 1 aromatic heterocycles. The summed E-state index contributed by atoms with van der Waals surface area (Å²) in [7, 11) is 0. The Morgan fingerprint density at radius 3 is 2.81 bits per heavy atom. The van der Waals surface area contributed by atoms with Crippen LogP contribution in [0.4, 0.5) is 10.8 Å². The van der Waals surface area contributed by atoms with E-state index in [0.717, 1.165) is 15.7 Å². The molecular formula is C19H20N4OS2. The third-order valence-electron chi connectivity index (χ3n) is 4.37. The molecule has 0 spiro atoms. The van der Waals surface area contributed by atoms with Crippen LogP contribution in [0.15, 0.2) is 46.4 Å². The standard InChI is InChI=1S/C19H20N4OS2/c24-17-16(26-19(23-17)22-14-9-5-2-6-10-14)11-15-12-20-18(25-15)21-13-7-3-1-4-8-13/h2,5-6,9-13H,1,3-4,7-8H2,(H,20,21)(H,22,23,24)/b16-11-. The number of nitrogens with zero attached hydrogens (tertiary/aromatic N) is 2. The topological polar surface area (TPSA) is 66.4 Å². The lowest BCUT2D eigenvalue weighted by Crippen LogP contribution is -2.21. The molecular weight excluding hydrogens is 364 g/mol. The van der Waals surface area contributed by atoms with Gasteiger partial charge in [0.1, 0.15) is 0 Å². The van der Waals surface area contributed by atoms with E-state index in [1.807, 2.05) is 42.6 Å². The highest BCUT2D eigenvalue weighted by Crippen LogP contribution is 2.31. The predicted octanol–water partition coefficient (Wildman–Crippen LogP) is 4.78. The fraction of sp³-hybridized carbons (Fsp3) is 0.316. The van der Waals surface area contributed by atoms with E-state index >= 15 is 0 Å². The van der Waals surface area contributed by atoms with Crippen molar-refractivity contribution in [1.29, 1.82) is 0 Å². The Labute approximate surface area is 161 Å². The first kappa shape index (κ1) is 17.3. The smallest absolute Gasteiger partial charge is 0.264 e. The second-order valence-corrected chi connectivity index (χ2v) is 8.46. The molecule has 2 aromatic rings. The van der Waals surface area contributed by atoms with Gasteiger partial charge >= 0.3 is 0 Å². The number of carbonyl (C=O) groups is 1. The molecule has 1 aromatic carbocycles. The Kier molecular flexibility index (Phi) is 5.36. The van der Waals surface area contributed by atoms with Crippen molar-refractivity contribution in [3.63, 3.8) is 0 Å². The van der Waals surface area contributed by atoms with Gasteiger partial charge in [-0.1, -0.05) is 48.8 Å². The molecule has 1 aliphatic carbocycles. The highest BCUT2D eigenvalue weighted by Gasteiger charge is 2.24. The number of anilines is 1. The van der Waals surface area contributed by atoms with Gasteiger partial charge in [0.05, 0.1) is 15.5 Å². The van der Waals surface area contributed by atoms with Gasteiger partial charge in [-0.3, -0.25) is 4.79 Å². The third kappa shape index (κ3) is 4.34. The average Bonchev–Trinajstić information content (AvgIpc) is 3.23. The summed E-state index contributed by atoms with van der Waals surface area (Å²) in [5, 5.41) is 7.89. The zero-order valence-electron chi connectivity index (χ0n) is 14.3. The second-order valence-electron chi connectivity index (χ2n) is 6.36. The van der Waals surface area contributed by atoms with E-state index in [-0.39, 0.29) is 5.91 Å². The summed E-state index contributed by atoms with van der Waals surface area (Å²) in [6.45, 7) is 0. The molecule has 2 N–H and O–H groups in total. The van der Waals surface area contributed by atoms with Crippen LogP contribution in [0.3, 0.4) is 0 Å². The molecule has 2 aliphatic rings. The molecule has 5 nitrogen and oxygen atoms in total. The quantitative estimate of drug-likeness (QED) is 0.745. The molecule has 0 atom stereocenters. The summed E-state index contributed by atoms with van der Waals surface area (Å²) < 4.78 is 0. The molecule has 1 saturated carbocycles. The first-order valence-electron chi connectivity index (χ1n) is 8.83. The van der Waals surface area contributed by atoms with Gasteiger partial charge in [-0.05, 0) is 42.8 Å². The number of rotatable bonds is 4. The maximum absolute atomic E-state index is 12.2. The maximum Gasteiger partial charge on any atom is 0.264 e. The molecule has 0 radical (unpaired) electrons. The first-order chi connectivity index (χ1) is 12.8. The summed E-state index contributed by atoms with van der Waals surface area (Å²) >= 11 is 2.95. The van der Waals surface area contributed by atoms with Crippen molar-refractivity contribution in [2.75, 3.05) is 5.32 Å². The van der Waals surface area contributed by atoms with Gasteiger partial charge in [-0.2, -0.15) is 0 Å². The Hall–Kier alpha value is -2.12. The predicted molar refractivity (Wildman–Crippen MR) is 110 cm³/mol. The van der Waals surface area contributed by atoms with Gasteiger partial charge in [0.2, 0.25) is 0 Å². The molecule has 0 bridgehead atoms. The fourth-order valence-electron chi connectivity index (χ4n) is 3.07. The molecule has 7 heteroatoms. The minimum absolute atomic E-state index is 0.111. The third-order valence-corrected chi connectivity index (χ3v) is 6.15. The van der Waals surface area contributed by atoms with E-state index in [4.69, 9.17) is 0 Å². The van der Waals surface area contributed by atoms with E-state index in [1.165, 1.54) is 43.9 Å². The first-order valence-corrected chi connectivity index (χ1v) is 10.5. The van der Waals surface area contributed by atoms with Crippen LogP contribution in [0.25, 0.3) is 6.08 Å². The maximum atomic E-state index is 12.2. The molecule has 1 aliphatic heterocycles. The Morgan fingerprint density at radius 2 is 2.00 bits per heavy atom. The Balaban J connectivity index is 1.43. The van der Waals surface area contributed by atoms with Crippen LogP contribution in [-0.2, 0) is 4.79 Å². The fourth-order valence-corrected chi connectivity index (χ4v) is 4.81. The van der Waals surface area contributed by atoms with E-state index in [0.29, 0.717) is 16.1 Å². The highest BCUT2D eigenvalue weighted by atomic mass is 32.2. The lowest BCUT2D eigenvalue weighted by molar-refractivity contribution is -0.115. The second kappa shape index (κ2) is 8.05. The van der Waals surface area contributed by atoms with Gasteiger partial charge in [-0.25, -0.2) is 9.98 Å². The largest absolute Gasteiger partial charge is 0.359 e. The monoisotopic (exact) mass is 384 g/mol. The SMILES string of the molecule is O=C1N/C(=N/c2ccccc2)S/C1=C\c1cnc(NC2CCCCC2)s1. The molecule has 2 heterocycles. The summed E-state index contributed by atoms with van der Waals surface area (Å²) in [5.74, 6) is -0.111. The summed E-state index contributed by atoms with van der Waals surface area (Å²) in [4.78, 5) is 22.7. The number of hydrogen-bond acceptors (Lipinski definition) is 6. The zero-order chi connectivity index (χ0) is 17.8. The van der Waals surface area contributed by atoms with Crippen LogP contribution in [0.5, 0.6) is 0 Å². The number of amides is 1. The number of nitrogens with one attached hydrogen (secondary N) is 2. The van der Waals surface area contributed by atoms with Crippen molar-refractivity contribution in [2.24, 2.45) is 4.99 Å². The summed E-state index contributed by atoms with van der Waals surface area (Å²) in [6, 6.07) is 10.1. The van der Waals surface area contributed by atoms with E-state index in [1.54, 1.807) is 11.3 Å². The number of para-hydroxylation sites is 1. The van der Waals surface area contributed by atoms with Gasteiger partial charge in [0.25, 0.3) is 5.91 Å². The number of hydrogen-bond donors (Lipinski definition) is 2. The molecule has 26 heavy (non-hydrogen) atoms. The number of benzene rings is 1. The van der Waals surface area contributed by atoms with Crippen LogP contribution < -0.4 is 10.6 Å². The molecule has 1 saturated heterocycles. The number of amidine groups is 1. The lowest BCUT2D eigenvalue weighted by Gasteiger charge is -2.22. The van der Waals surface area contributed by atoms with Gasteiger partial charge in [0, 0.05) is 12.2 Å². The molecule has 0 unspecified atom stereocenters. The zero-order valence-corrected chi connectivity index (χ0v) is 15.9. The molecule has 1 amide bonds. The van der Waals surface area contributed by atoms with Crippen LogP contribution in [0, 0.1) is 0 Å². The van der Waals surface area contributed by atoms with E-state index < -0.39 is 0 Å². The number of carbonyl (C=O) groups excluding carboxylic acids is 1. The van der Waals surface area contributed by atoms with Crippen molar-refractivity contribution < 1.29 is 4.79 Å². The summed E-state index contributed by atoms with van der Waals surface area (Å²) in [6.07, 6.45) is 10.1. The van der Waals surface area contributed by atoms with Crippen molar-refractivity contribution in [3.05, 3.63) is 46.3 Å². The van der Waals surface area contributed by atoms with Crippen LogP contribution in [0.1, 0.15) is 37.0 Å². The van der Waals surface area contributed by atoms with Gasteiger partial charge < -0.3 is 10.6 Å². The van der Waals surface area contributed by atoms with E-state index in [9.17, 15) is 4.79 Å². The number of aliphatic imine (C=N–C) groups is 1. The number of aromatic nitrogens is 1. The lowest BCUT2D eigenvalue weighted by atomic mass is 9.96. The van der Waals surface area contributed by atoms with Crippen LogP contribution in [-0.4, -0.2) is 22.1 Å². The minimum atomic E-state index is -0.111. The Morgan fingerprint density at radius 1 is 1.19 bits per heavy atom. The van der Waals surface area contributed by atoms with Crippen molar-refractivity contribution >= 4 is 51.1 Å². The van der Waals surface area contributed by atoms with Crippen molar-refractivity contribution in [3.8, 4) is 0 Å². The molecule has 134 valence electrons. The highest BCUT2D eigenvalue weighted by molar-refractivity contribution is 8.18. The van der Waals surface area contributed by atoms with Crippen LogP contribution >= 0.6 is 23.1 Å². The molecule has 2 fully saturated rings. The number of thioether (sulfide) groups is 1. The normalized spacial score (nSPS) is 21.3. The van der Waals surface area contributed by atoms with Crippen LogP contribution in [0.2, 0.25) is 0 Å². The Bertz CT molecular complexity index is 838.